The first-order valence-corrected chi connectivity index (χ1v) is 7.35. The number of aromatic nitrogens is 1. The van der Waals surface area contributed by atoms with E-state index in [2.05, 4.69) is 15.8 Å². The van der Waals surface area contributed by atoms with E-state index < -0.39 is 5.91 Å². The molecule has 1 aliphatic heterocycles. The largest absolute Gasteiger partial charge is 0.351 e. The molecule has 23 heavy (non-hydrogen) atoms. The van der Waals surface area contributed by atoms with Crippen molar-refractivity contribution in [3.63, 3.8) is 0 Å². The number of fused-ring (bicyclic) bond motifs is 1. The zero-order valence-electron chi connectivity index (χ0n) is 13.0. The summed E-state index contributed by atoms with van der Waals surface area (Å²) >= 11 is 0. The van der Waals surface area contributed by atoms with Crippen LogP contribution >= 0.6 is 12.4 Å². The van der Waals surface area contributed by atoms with Gasteiger partial charge in [0.25, 0.3) is 5.91 Å². The van der Waals surface area contributed by atoms with Crippen LogP contribution in [0.4, 0.5) is 10.1 Å². The Bertz CT molecular complexity index is 715. The molecule has 0 spiro atoms. The molecule has 0 aliphatic carbocycles. The number of nitrogens with zero attached hydrogens (tertiary/aromatic N) is 1. The molecule has 3 rings (SSSR count). The first-order chi connectivity index (χ1) is 10.6. The Kier molecular flexibility index (Phi) is 5.38. The Morgan fingerprint density at radius 2 is 2.22 bits per heavy atom. The molecule has 0 unspecified atom stereocenters. The van der Waals surface area contributed by atoms with Crippen LogP contribution in [0.15, 0.2) is 22.7 Å². The Morgan fingerprint density at radius 3 is 2.91 bits per heavy atom. The lowest BCUT2D eigenvalue weighted by atomic mass is 9.99. The molecule has 0 radical (unpaired) electrons. The monoisotopic (exact) mass is 339 g/mol. The van der Waals surface area contributed by atoms with Crippen molar-refractivity contribution in [2.45, 2.75) is 32.7 Å². The van der Waals surface area contributed by atoms with E-state index in [1.54, 1.807) is 12.1 Å². The van der Waals surface area contributed by atoms with E-state index in [4.69, 9.17) is 4.52 Å². The third-order valence-corrected chi connectivity index (χ3v) is 3.80. The predicted octanol–water partition coefficient (Wildman–Crippen LogP) is 3.26. The molecule has 0 atom stereocenters. The van der Waals surface area contributed by atoms with Gasteiger partial charge in [0.1, 0.15) is 5.82 Å². The number of carbonyl (C=O) groups is 1. The van der Waals surface area contributed by atoms with Gasteiger partial charge in [-0.3, -0.25) is 4.79 Å². The highest BCUT2D eigenvalue weighted by Gasteiger charge is 2.20. The van der Waals surface area contributed by atoms with Gasteiger partial charge in [0.05, 0.1) is 11.4 Å². The molecule has 5 nitrogen and oxygen atoms in total. The lowest BCUT2D eigenvalue weighted by Gasteiger charge is -2.19. The van der Waals surface area contributed by atoms with Crippen LogP contribution in [0.25, 0.3) is 0 Å². The van der Waals surface area contributed by atoms with Crippen LogP contribution in [0.3, 0.4) is 0 Å². The van der Waals surface area contributed by atoms with Crippen molar-refractivity contribution >= 4 is 24.0 Å². The lowest BCUT2D eigenvalue weighted by molar-refractivity contribution is 0.0987. The van der Waals surface area contributed by atoms with Gasteiger partial charge in [-0.15, -0.1) is 12.4 Å². The van der Waals surface area contributed by atoms with E-state index in [1.807, 2.05) is 19.9 Å². The molecule has 2 aromatic rings. The minimum atomic E-state index is -0.493. The first kappa shape index (κ1) is 17.4. The summed E-state index contributed by atoms with van der Waals surface area (Å²) in [5.74, 6) is -0.607. The van der Waals surface area contributed by atoms with Gasteiger partial charge in [0.2, 0.25) is 5.76 Å². The van der Waals surface area contributed by atoms with E-state index in [1.165, 1.54) is 0 Å². The Hall–Kier alpha value is -1.92. The second kappa shape index (κ2) is 7.10. The Morgan fingerprint density at radius 1 is 1.43 bits per heavy atom. The molecule has 0 fully saturated rings. The fourth-order valence-electron chi connectivity index (χ4n) is 2.48. The smallest absolute Gasteiger partial charge is 0.294 e. The van der Waals surface area contributed by atoms with Gasteiger partial charge in [-0.1, -0.05) is 25.1 Å². The summed E-state index contributed by atoms with van der Waals surface area (Å²) in [6.45, 7) is 5.30. The molecule has 0 bridgehead atoms. The number of hydrogen-bond donors (Lipinski definition) is 2. The number of nitrogens with one attached hydrogen (secondary N) is 2. The van der Waals surface area contributed by atoms with Crippen LogP contribution in [0.1, 0.15) is 47.1 Å². The highest BCUT2D eigenvalue weighted by atomic mass is 35.5. The Labute approximate surface area is 140 Å². The van der Waals surface area contributed by atoms with Gasteiger partial charge in [-0.2, -0.15) is 0 Å². The van der Waals surface area contributed by atoms with Crippen molar-refractivity contribution < 1.29 is 13.7 Å². The van der Waals surface area contributed by atoms with Crippen molar-refractivity contribution in [2.75, 3.05) is 11.9 Å². The van der Waals surface area contributed by atoms with Gasteiger partial charge < -0.3 is 15.2 Å². The summed E-state index contributed by atoms with van der Waals surface area (Å²) in [7, 11) is 0. The van der Waals surface area contributed by atoms with E-state index in [0.29, 0.717) is 24.2 Å². The fraction of sp³-hybridized carbons (Fsp3) is 0.375. The van der Waals surface area contributed by atoms with Crippen LogP contribution in [0.2, 0.25) is 0 Å². The zero-order valence-corrected chi connectivity index (χ0v) is 13.8. The van der Waals surface area contributed by atoms with E-state index in [9.17, 15) is 9.18 Å². The Balaban J connectivity index is 0.00000192. The number of hydrogen-bond acceptors (Lipinski definition) is 4. The number of halogens is 2. The first-order valence-electron chi connectivity index (χ1n) is 7.35. The average Bonchev–Trinajstić information content (AvgIpc) is 3.00. The summed E-state index contributed by atoms with van der Waals surface area (Å²) in [6.07, 6.45) is 0.616. The minimum absolute atomic E-state index is 0. The van der Waals surface area contributed by atoms with Crippen LogP contribution in [-0.4, -0.2) is 17.6 Å². The number of rotatable bonds is 3. The normalized spacial score (nSPS) is 13.4. The van der Waals surface area contributed by atoms with Gasteiger partial charge in [0.15, 0.2) is 0 Å². The molecule has 124 valence electrons. The summed E-state index contributed by atoms with van der Waals surface area (Å²) in [6, 6.07) is 5.00. The molecule has 0 saturated heterocycles. The van der Waals surface area contributed by atoms with Gasteiger partial charge >= 0.3 is 0 Å². The van der Waals surface area contributed by atoms with Crippen molar-refractivity contribution in [1.82, 2.24) is 10.5 Å². The number of anilines is 1. The van der Waals surface area contributed by atoms with Crippen molar-refractivity contribution in [3.05, 3.63) is 46.6 Å². The lowest BCUT2D eigenvalue weighted by Crippen LogP contribution is -2.25. The molecular weight excluding hydrogens is 321 g/mol. The maximum Gasteiger partial charge on any atom is 0.294 e. The maximum atomic E-state index is 14.5. The molecule has 1 aromatic carbocycles. The third kappa shape index (κ3) is 3.54. The zero-order chi connectivity index (χ0) is 15.7. The fourth-order valence-corrected chi connectivity index (χ4v) is 2.48. The molecule has 7 heteroatoms. The summed E-state index contributed by atoms with van der Waals surface area (Å²) in [4.78, 5) is 12.1. The van der Waals surface area contributed by atoms with Crippen molar-refractivity contribution in [3.8, 4) is 0 Å². The third-order valence-electron chi connectivity index (χ3n) is 3.80. The number of benzene rings is 1. The van der Waals surface area contributed by atoms with Gasteiger partial charge in [0, 0.05) is 12.6 Å². The topological polar surface area (TPSA) is 67.2 Å². The van der Waals surface area contributed by atoms with E-state index >= 15 is 0 Å². The summed E-state index contributed by atoms with van der Waals surface area (Å²) in [5, 5.41) is 9.58. The van der Waals surface area contributed by atoms with Crippen LogP contribution in [0.5, 0.6) is 0 Å². The molecule has 2 N–H and O–H groups in total. The molecule has 1 amide bonds. The maximum absolute atomic E-state index is 14.5. The number of carbonyl (C=O) groups excluding carboxylic acids is 1. The molecule has 1 aromatic heterocycles. The molecule has 2 heterocycles. The van der Waals surface area contributed by atoms with Crippen LogP contribution in [0, 0.1) is 5.82 Å². The van der Waals surface area contributed by atoms with Crippen LogP contribution in [-0.2, 0) is 13.0 Å². The quantitative estimate of drug-likeness (QED) is 0.900. The van der Waals surface area contributed by atoms with E-state index in [-0.39, 0.29) is 35.6 Å². The summed E-state index contributed by atoms with van der Waals surface area (Å²) < 4.78 is 19.5. The highest BCUT2D eigenvalue weighted by Crippen LogP contribution is 2.25. The predicted molar refractivity (Wildman–Crippen MR) is 87.6 cm³/mol. The number of amides is 1. The molecule has 0 saturated carbocycles. The summed E-state index contributed by atoms with van der Waals surface area (Å²) in [5.41, 5.74) is 2.47. The van der Waals surface area contributed by atoms with E-state index in [0.717, 1.165) is 12.1 Å². The highest BCUT2D eigenvalue weighted by molar-refractivity contribution is 6.02. The van der Waals surface area contributed by atoms with Crippen molar-refractivity contribution in [1.29, 1.82) is 0 Å². The second-order valence-electron chi connectivity index (χ2n) is 5.72. The molecular formula is C16H19ClFN3O2. The molecule has 1 aliphatic rings. The van der Waals surface area contributed by atoms with Gasteiger partial charge in [-0.05, 0) is 36.1 Å². The van der Waals surface area contributed by atoms with Crippen molar-refractivity contribution in [2.24, 2.45) is 0 Å². The second-order valence-corrected chi connectivity index (χ2v) is 5.72. The standard InChI is InChI=1S/C16H18FN3O2.ClH/c1-9(2)13-7-14(22-20-13)16(21)19-12-4-3-10-8-18-6-5-11(10)15(12)17;/h3-4,7,9,18H,5-6,8H2,1-2H3,(H,19,21);1H. The average molecular weight is 340 g/mol. The SMILES string of the molecule is CC(C)c1cc(C(=O)Nc2ccc3c(c2F)CCNC3)on1.Cl. The van der Waals surface area contributed by atoms with Gasteiger partial charge in [-0.25, -0.2) is 4.39 Å². The van der Waals surface area contributed by atoms with Crippen LogP contribution < -0.4 is 10.6 Å². The minimum Gasteiger partial charge on any atom is -0.351 e.